The van der Waals surface area contributed by atoms with Gasteiger partial charge in [-0.2, -0.15) is 0 Å². The van der Waals surface area contributed by atoms with E-state index < -0.39 is 0 Å². The van der Waals surface area contributed by atoms with E-state index >= 15 is 0 Å². The van der Waals surface area contributed by atoms with Crippen molar-refractivity contribution in [1.29, 1.82) is 0 Å². The molecule has 0 saturated heterocycles. The topological polar surface area (TPSA) is 46.2 Å². The van der Waals surface area contributed by atoms with Crippen LogP contribution in [0.5, 0.6) is 0 Å². The Morgan fingerprint density at radius 3 is 1.83 bits per heavy atom. The summed E-state index contributed by atoms with van der Waals surface area (Å²) in [5.41, 5.74) is 5.85. The smallest absolute Gasteiger partial charge is 0.0496 e. The van der Waals surface area contributed by atoms with E-state index in [0.29, 0.717) is 12.0 Å². The first-order chi connectivity index (χ1) is 5.33. The Morgan fingerprint density at radius 2 is 1.58 bits per heavy atom. The van der Waals surface area contributed by atoms with Gasteiger partial charge in [-0.15, -0.1) is 0 Å². The van der Waals surface area contributed by atoms with Crippen molar-refractivity contribution in [3.63, 3.8) is 0 Å². The lowest BCUT2D eigenvalue weighted by Crippen LogP contribution is -2.32. The molecule has 0 radical (unpaired) electrons. The summed E-state index contributed by atoms with van der Waals surface area (Å²) in [4.78, 5) is 0. The normalized spacial score (nSPS) is 17.5. The molecule has 0 aliphatic heterocycles. The monoisotopic (exact) mass is 173 g/mol. The second-order valence-corrected chi connectivity index (χ2v) is 5.23. The largest absolute Gasteiger partial charge is 0.396 e. The van der Waals surface area contributed by atoms with E-state index in [2.05, 4.69) is 20.8 Å². The standard InChI is InChI=1S/C10H23NO/c1-9(2,3)5-6-10(4,7-11)8-12/h12H,5-8,11H2,1-4H3. The molecule has 0 aromatic heterocycles. The zero-order chi connectivity index (χ0) is 9.83. The van der Waals surface area contributed by atoms with E-state index in [1.807, 2.05) is 6.92 Å². The molecule has 0 heterocycles. The molecule has 2 heteroatoms. The van der Waals surface area contributed by atoms with Crippen LogP contribution in [0.2, 0.25) is 0 Å². The van der Waals surface area contributed by atoms with Crippen molar-refractivity contribution in [3.05, 3.63) is 0 Å². The number of hydrogen-bond acceptors (Lipinski definition) is 2. The summed E-state index contributed by atoms with van der Waals surface area (Å²) in [5.74, 6) is 0. The van der Waals surface area contributed by atoms with Crippen LogP contribution in [0, 0.1) is 10.8 Å². The van der Waals surface area contributed by atoms with Gasteiger partial charge in [0.15, 0.2) is 0 Å². The minimum Gasteiger partial charge on any atom is -0.396 e. The second kappa shape index (κ2) is 4.24. The molecule has 0 aromatic carbocycles. The van der Waals surface area contributed by atoms with E-state index in [4.69, 9.17) is 10.8 Å². The molecule has 2 nitrogen and oxygen atoms in total. The second-order valence-electron chi connectivity index (χ2n) is 5.23. The summed E-state index contributed by atoms with van der Waals surface area (Å²) >= 11 is 0. The lowest BCUT2D eigenvalue weighted by atomic mass is 9.79. The quantitative estimate of drug-likeness (QED) is 0.680. The summed E-state index contributed by atoms with van der Waals surface area (Å²) in [6, 6.07) is 0. The van der Waals surface area contributed by atoms with Gasteiger partial charge in [0, 0.05) is 12.0 Å². The zero-order valence-electron chi connectivity index (χ0n) is 8.85. The SMILES string of the molecule is CC(C)(C)CCC(C)(CN)CO. The molecule has 0 aromatic rings. The van der Waals surface area contributed by atoms with Crippen LogP contribution >= 0.6 is 0 Å². The van der Waals surface area contributed by atoms with Crippen LogP contribution in [0.15, 0.2) is 0 Å². The first-order valence-corrected chi connectivity index (χ1v) is 4.64. The molecule has 0 spiro atoms. The molecule has 0 aliphatic carbocycles. The fourth-order valence-corrected chi connectivity index (χ4v) is 0.922. The van der Waals surface area contributed by atoms with Crippen LogP contribution in [-0.2, 0) is 0 Å². The molecule has 74 valence electrons. The lowest BCUT2D eigenvalue weighted by Gasteiger charge is -2.29. The Labute approximate surface area is 76.2 Å². The third kappa shape index (κ3) is 4.73. The number of aliphatic hydroxyl groups is 1. The van der Waals surface area contributed by atoms with Crippen LogP contribution in [-0.4, -0.2) is 18.3 Å². The van der Waals surface area contributed by atoms with Gasteiger partial charge in [0.2, 0.25) is 0 Å². The highest BCUT2D eigenvalue weighted by Crippen LogP contribution is 2.29. The number of nitrogens with two attached hydrogens (primary N) is 1. The summed E-state index contributed by atoms with van der Waals surface area (Å²) in [7, 11) is 0. The van der Waals surface area contributed by atoms with Crippen molar-refractivity contribution in [2.45, 2.75) is 40.5 Å². The van der Waals surface area contributed by atoms with E-state index in [0.717, 1.165) is 12.8 Å². The third-order valence-electron chi connectivity index (χ3n) is 2.35. The zero-order valence-corrected chi connectivity index (χ0v) is 8.85. The molecule has 0 saturated carbocycles. The fraction of sp³-hybridized carbons (Fsp3) is 1.00. The van der Waals surface area contributed by atoms with E-state index in [1.54, 1.807) is 0 Å². The van der Waals surface area contributed by atoms with E-state index in [-0.39, 0.29) is 12.0 Å². The van der Waals surface area contributed by atoms with Gasteiger partial charge >= 0.3 is 0 Å². The van der Waals surface area contributed by atoms with Gasteiger partial charge in [0.25, 0.3) is 0 Å². The highest BCUT2D eigenvalue weighted by molar-refractivity contribution is 4.76. The Balaban J connectivity index is 3.89. The predicted molar refractivity (Wildman–Crippen MR) is 52.9 cm³/mol. The lowest BCUT2D eigenvalue weighted by molar-refractivity contribution is 0.124. The summed E-state index contributed by atoms with van der Waals surface area (Å²) in [6.07, 6.45) is 2.12. The van der Waals surface area contributed by atoms with Crippen molar-refractivity contribution in [3.8, 4) is 0 Å². The minimum atomic E-state index is -0.0761. The van der Waals surface area contributed by atoms with Crippen LogP contribution in [0.4, 0.5) is 0 Å². The first kappa shape index (κ1) is 11.9. The molecular weight excluding hydrogens is 150 g/mol. The Kier molecular flexibility index (Phi) is 4.21. The van der Waals surface area contributed by atoms with Crippen molar-refractivity contribution in [2.75, 3.05) is 13.2 Å². The van der Waals surface area contributed by atoms with Gasteiger partial charge < -0.3 is 10.8 Å². The molecule has 0 amide bonds. The minimum absolute atomic E-state index is 0.0761. The summed E-state index contributed by atoms with van der Waals surface area (Å²) in [5, 5.41) is 9.10. The Bertz CT molecular complexity index is 122. The molecule has 3 N–H and O–H groups in total. The maximum Gasteiger partial charge on any atom is 0.0496 e. The van der Waals surface area contributed by atoms with Crippen molar-refractivity contribution < 1.29 is 5.11 Å². The molecule has 0 rings (SSSR count). The predicted octanol–water partition coefficient (Wildman–Crippen LogP) is 1.77. The van der Waals surface area contributed by atoms with Crippen LogP contribution in [0.3, 0.4) is 0 Å². The average Bonchev–Trinajstić information content (AvgIpc) is 1.99. The average molecular weight is 173 g/mol. The molecule has 12 heavy (non-hydrogen) atoms. The van der Waals surface area contributed by atoms with Crippen LogP contribution in [0.1, 0.15) is 40.5 Å². The van der Waals surface area contributed by atoms with Gasteiger partial charge in [-0.25, -0.2) is 0 Å². The molecule has 1 unspecified atom stereocenters. The number of hydrogen-bond donors (Lipinski definition) is 2. The fourth-order valence-electron chi connectivity index (χ4n) is 0.922. The van der Waals surface area contributed by atoms with Gasteiger partial charge in [-0.05, 0) is 24.8 Å². The highest BCUT2D eigenvalue weighted by Gasteiger charge is 2.23. The molecular formula is C10H23NO. The molecule has 0 fully saturated rings. The number of rotatable bonds is 4. The molecule has 1 atom stereocenters. The maximum absolute atomic E-state index is 9.10. The highest BCUT2D eigenvalue weighted by atomic mass is 16.3. The van der Waals surface area contributed by atoms with Crippen LogP contribution in [0.25, 0.3) is 0 Å². The van der Waals surface area contributed by atoms with E-state index in [1.165, 1.54) is 0 Å². The summed E-state index contributed by atoms with van der Waals surface area (Å²) < 4.78 is 0. The Morgan fingerprint density at radius 1 is 1.08 bits per heavy atom. The van der Waals surface area contributed by atoms with Gasteiger partial charge in [-0.3, -0.25) is 0 Å². The first-order valence-electron chi connectivity index (χ1n) is 4.64. The molecule has 0 bridgehead atoms. The van der Waals surface area contributed by atoms with Gasteiger partial charge in [0.05, 0.1) is 0 Å². The number of aliphatic hydroxyl groups excluding tert-OH is 1. The van der Waals surface area contributed by atoms with Crippen molar-refractivity contribution in [1.82, 2.24) is 0 Å². The Hall–Kier alpha value is -0.0800. The van der Waals surface area contributed by atoms with Crippen molar-refractivity contribution in [2.24, 2.45) is 16.6 Å². The summed E-state index contributed by atoms with van der Waals surface area (Å²) in [6.45, 7) is 9.43. The van der Waals surface area contributed by atoms with Gasteiger partial charge in [-0.1, -0.05) is 27.7 Å². The molecule has 0 aliphatic rings. The van der Waals surface area contributed by atoms with Crippen LogP contribution < -0.4 is 5.73 Å². The maximum atomic E-state index is 9.10. The van der Waals surface area contributed by atoms with E-state index in [9.17, 15) is 0 Å². The third-order valence-corrected chi connectivity index (χ3v) is 2.35. The van der Waals surface area contributed by atoms with Gasteiger partial charge in [0.1, 0.15) is 0 Å². The van der Waals surface area contributed by atoms with Crippen molar-refractivity contribution >= 4 is 0 Å².